The van der Waals surface area contributed by atoms with Crippen LogP contribution in [0.5, 0.6) is 0 Å². The van der Waals surface area contributed by atoms with Crippen LogP contribution in [0.1, 0.15) is 24.3 Å². The van der Waals surface area contributed by atoms with E-state index in [-0.39, 0.29) is 10.7 Å². The van der Waals surface area contributed by atoms with Gasteiger partial charge in [-0.05, 0) is 30.0 Å². The van der Waals surface area contributed by atoms with Crippen LogP contribution in [0.15, 0.2) is 34.5 Å². The van der Waals surface area contributed by atoms with E-state index in [1.807, 2.05) is 24.4 Å². The third-order valence-corrected chi connectivity index (χ3v) is 5.63. The van der Waals surface area contributed by atoms with Crippen LogP contribution < -0.4 is 10.5 Å². The fraction of sp³-hybridized carbons (Fsp3) is 0.231. The Kier molecular flexibility index (Phi) is 4.88. The quantitative estimate of drug-likeness (QED) is 0.811. The second-order valence-electron chi connectivity index (χ2n) is 4.41. The van der Waals surface area contributed by atoms with Crippen molar-refractivity contribution in [1.29, 1.82) is 0 Å². The summed E-state index contributed by atoms with van der Waals surface area (Å²) in [6.45, 7) is 1.84. The molecule has 1 heterocycles. The maximum atomic E-state index is 14.0. The van der Waals surface area contributed by atoms with Gasteiger partial charge in [0.15, 0.2) is 5.82 Å². The van der Waals surface area contributed by atoms with Crippen LogP contribution in [0.3, 0.4) is 0 Å². The summed E-state index contributed by atoms with van der Waals surface area (Å²) >= 11 is 7.08. The zero-order valence-electron chi connectivity index (χ0n) is 11.1. The van der Waals surface area contributed by atoms with Crippen LogP contribution in [0.4, 0.5) is 10.1 Å². The molecule has 1 aromatic carbocycles. The molecule has 8 heteroatoms. The molecule has 0 fully saturated rings. The number of rotatable bonds is 5. The molecule has 0 spiro atoms. The van der Waals surface area contributed by atoms with Gasteiger partial charge >= 0.3 is 0 Å². The number of nitrogens with one attached hydrogen (secondary N) is 1. The largest absolute Gasteiger partial charge is 0.399 e. The van der Waals surface area contributed by atoms with Crippen molar-refractivity contribution in [2.24, 2.45) is 0 Å². The zero-order chi connectivity index (χ0) is 15.6. The molecule has 2 aromatic rings. The zero-order valence-corrected chi connectivity index (χ0v) is 13.5. The summed E-state index contributed by atoms with van der Waals surface area (Å²) in [5.41, 5.74) is 5.63. The lowest BCUT2D eigenvalue weighted by Gasteiger charge is -2.16. The van der Waals surface area contributed by atoms with Crippen molar-refractivity contribution in [2.75, 3.05) is 5.73 Å². The van der Waals surface area contributed by atoms with Crippen molar-refractivity contribution in [3.8, 4) is 0 Å². The molecule has 114 valence electrons. The van der Waals surface area contributed by atoms with Crippen molar-refractivity contribution in [2.45, 2.75) is 24.3 Å². The van der Waals surface area contributed by atoms with Crippen LogP contribution in [-0.4, -0.2) is 8.42 Å². The third-order valence-electron chi connectivity index (χ3n) is 2.90. The van der Waals surface area contributed by atoms with Gasteiger partial charge in [0.2, 0.25) is 10.0 Å². The minimum absolute atomic E-state index is 0.0888. The average molecular weight is 349 g/mol. The van der Waals surface area contributed by atoms with E-state index < -0.39 is 26.8 Å². The number of halogens is 2. The van der Waals surface area contributed by atoms with E-state index in [1.54, 1.807) is 0 Å². The highest BCUT2D eigenvalue weighted by molar-refractivity contribution is 7.89. The van der Waals surface area contributed by atoms with Gasteiger partial charge in [0, 0.05) is 10.6 Å². The molecule has 4 nitrogen and oxygen atoms in total. The molecule has 0 aliphatic heterocycles. The number of hydrogen-bond acceptors (Lipinski definition) is 4. The van der Waals surface area contributed by atoms with E-state index in [0.717, 1.165) is 10.9 Å². The normalized spacial score (nSPS) is 13.3. The first-order chi connectivity index (χ1) is 9.85. The van der Waals surface area contributed by atoms with Gasteiger partial charge in [0.05, 0.1) is 11.1 Å². The maximum absolute atomic E-state index is 14.0. The number of benzene rings is 1. The van der Waals surface area contributed by atoms with Gasteiger partial charge in [-0.1, -0.05) is 24.6 Å². The first-order valence-electron chi connectivity index (χ1n) is 6.15. The van der Waals surface area contributed by atoms with Crippen LogP contribution in [-0.2, 0) is 10.0 Å². The van der Waals surface area contributed by atoms with Gasteiger partial charge in [0.25, 0.3) is 0 Å². The lowest BCUT2D eigenvalue weighted by molar-refractivity contribution is 0.537. The molecule has 0 aliphatic rings. The number of anilines is 1. The van der Waals surface area contributed by atoms with E-state index in [2.05, 4.69) is 4.72 Å². The van der Waals surface area contributed by atoms with Gasteiger partial charge in [-0.25, -0.2) is 17.5 Å². The Morgan fingerprint density at radius 2 is 2.19 bits per heavy atom. The Balaban J connectivity index is 2.39. The van der Waals surface area contributed by atoms with Crippen LogP contribution >= 0.6 is 22.9 Å². The maximum Gasteiger partial charge on any atom is 0.244 e. The van der Waals surface area contributed by atoms with Crippen LogP contribution in [0.2, 0.25) is 5.02 Å². The fourth-order valence-corrected chi connectivity index (χ4v) is 4.51. The monoisotopic (exact) mass is 348 g/mol. The van der Waals surface area contributed by atoms with Crippen molar-refractivity contribution >= 4 is 38.6 Å². The predicted molar refractivity (Wildman–Crippen MR) is 83.5 cm³/mol. The van der Waals surface area contributed by atoms with Crippen molar-refractivity contribution < 1.29 is 12.8 Å². The summed E-state index contributed by atoms with van der Waals surface area (Å²) in [5.74, 6) is -1.00. The van der Waals surface area contributed by atoms with E-state index in [9.17, 15) is 12.8 Å². The lowest BCUT2D eigenvalue weighted by Crippen LogP contribution is -2.28. The molecule has 0 amide bonds. The average Bonchev–Trinajstić information content (AvgIpc) is 2.94. The smallest absolute Gasteiger partial charge is 0.244 e. The molecule has 1 unspecified atom stereocenters. The summed E-state index contributed by atoms with van der Waals surface area (Å²) in [5, 5.41) is 1.53. The number of nitrogens with two attached hydrogens (primary N) is 1. The molecule has 3 N–H and O–H groups in total. The first kappa shape index (κ1) is 16.2. The Bertz CT molecular complexity index is 733. The first-order valence-corrected chi connectivity index (χ1v) is 8.89. The number of thiophene rings is 1. The summed E-state index contributed by atoms with van der Waals surface area (Å²) in [6, 6.07) is 5.46. The number of hydrogen-bond donors (Lipinski definition) is 2. The Morgan fingerprint density at radius 3 is 2.76 bits per heavy atom. The molecule has 0 saturated carbocycles. The highest BCUT2D eigenvalue weighted by atomic mass is 35.5. The fourth-order valence-electron chi connectivity index (χ4n) is 1.86. The summed E-state index contributed by atoms with van der Waals surface area (Å²) in [4.78, 5) is 0.319. The predicted octanol–water partition coefficient (Wildman–Crippen LogP) is 3.55. The van der Waals surface area contributed by atoms with Gasteiger partial charge in [-0.2, -0.15) is 0 Å². The van der Waals surface area contributed by atoms with Crippen molar-refractivity contribution in [1.82, 2.24) is 4.72 Å². The molecule has 2 rings (SSSR count). The number of nitrogen functional groups attached to an aromatic ring is 1. The van der Waals surface area contributed by atoms with E-state index >= 15 is 0 Å². The molecule has 1 atom stereocenters. The number of sulfonamides is 1. The molecular weight excluding hydrogens is 335 g/mol. The molecule has 0 aliphatic carbocycles. The molecule has 0 saturated heterocycles. The minimum atomic E-state index is -4.06. The van der Waals surface area contributed by atoms with Gasteiger partial charge in [-0.15, -0.1) is 11.3 Å². The molecule has 0 bridgehead atoms. The van der Waals surface area contributed by atoms with E-state index in [0.29, 0.717) is 6.42 Å². The van der Waals surface area contributed by atoms with Crippen molar-refractivity contribution in [3.05, 3.63) is 45.4 Å². The Morgan fingerprint density at radius 1 is 1.48 bits per heavy atom. The highest BCUT2D eigenvalue weighted by Crippen LogP contribution is 2.28. The van der Waals surface area contributed by atoms with E-state index in [1.165, 1.54) is 17.4 Å². The highest BCUT2D eigenvalue weighted by Gasteiger charge is 2.25. The van der Waals surface area contributed by atoms with Gasteiger partial charge in [-0.3, -0.25) is 0 Å². The lowest BCUT2D eigenvalue weighted by atomic mass is 10.2. The SMILES string of the molecule is CCC(NS(=O)(=O)c1cc(N)cc(Cl)c1F)c1cccs1. The molecular formula is C13H14ClFN2O2S2. The summed E-state index contributed by atoms with van der Waals surface area (Å²) < 4.78 is 41.2. The second-order valence-corrected chi connectivity index (χ2v) is 7.48. The topological polar surface area (TPSA) is 72.2 Å². The molecule has 21 heavy (non-hydrogen) atoms. The summed E-state index contributed by atoms with van der Waals surface area (Å²) in [7, 11) is -4.06. The minimum Gasteiger partial charge on any atom is -0.399 e. The molecule has 1 aromatic heterocycles. The van der Waals surface area contributed by atoms with Crippen LogP contribution in [0.25, 0.3) is 0 Å². The van der Waals surface area contributed by atoms with Crippen molar-refractivity contribution in [3.63, 3.8) is 0 Å². The Labute approximate surface area is 131 Å². The Hall–Kier alpha value is -1.15. The third kappa shape index (κ3) is 3.55. The van der Waals surface area contributed by atoms with E-state index in [4.69, 9.17) is 17.3 Å². The van der Waals surface area contributed by atoms with Gasteiger partial charge < -0.3 is 5.73 Å². The van der Waals surface area contributed by atoms with Crippen LogP contribution in [0, 0.1) is 5.82 Å². The molecule has 0 radical (unpaired) electrons. The summed E-state index contributed by atoms with van der Waals surface area (Å²) in [6.07, 6.45) is 0.539. The standard InChI is InChI=1S/C13H14ClFN2O2S2/c1-2-10(11-4-3-5-20-11)17-21(18,19)12-7-8(16)6-9(14)13(12)15/h3-7,10,17H,2,16H2,1H3. The van der Waals surface area contributed by atoms with Gasteiger partial charge in [0.1, 0.15) is 4.90 Å². The second kappa shape index (κ2) is 6.31.